The number of hydrogen-bond donors (Lipinski definition) is 1. The summed E-state index contributed by atoms with van der Waals surface area (Å²) in [7, 11) is 1.44. The maximum atomic E-state index is 11.5. The van der Waals surface area contributed by atoms with E-state index in [1.807, 2.05) is 25.6 Å². The molecule has 0 aliphatic carbocycles. The molecule has 1 saturated heterocycles. The molecule has 0 aromatic rings. The number of esters is 1. The lowest BCUT2D eigenvalue weighted by Crippen LogP contribution is -2.42. The first-order valence-corrected chi connectivity index (χ1v) is 7.31. The van der Waals surface area contributed by atoms with E-state index in [2.05, 4.69) is 10.2 Å². The van der Waals surface area contributed by atoms with E-state index < -0.39 is 5.41 Å². The van der Waals surface area contributed by atoms with E-state index in [0.717, 1.165) is 13.1 Å². The highest BCUT2D eigenvalue weighted by Gasteiger charge is 2.27. The Morgan fingerprint density at radius 1 is 1.41 bits per heavy atom. The van der Waals surface area contributed by atoms with Crippen LogP contribution in [0.2, 0.25) is 0 Å². The Balaban J connectivity index is 2.12. The van der Waals surface area contributed by atoms with Gasteiger partial charge in [-0.3, -0.25) is 4.79 Å². The van der Waals surface area contributed by atoms with Crippen molar-refractivity contribution >= 4 is 17.7 Å². The number of hydrogen-bond acceptors (Lipinski definition) is 5. The average molecular weight is 260 g/mol. The van der Waals surface area contributed by atoms with Crippen LogP contribution in [0, 0.1) is 5.41 Å². The molecule has 0 bridgehead atoms. The summed E-state index contributed by atoms with van der Waals surface area (Å²) in [6, 6.07) is 0. The second kappa shape index (κ2) is 7.24. The Kier molecular flexibility index (Phi) is 6.30. The molecular formula is C12H24N2O2S. The van der Waals surface area contributed by atoms with Gasteiger partial charge < -0.3 is 15.0 Å². The second-order valence-electron chi connectivity index (χ2n) is 5.01. The minimum absolute atomic E-state index is 0.153. The van der Waals surface area contributed by atoms with Gasteiger partial charge in [0.05, 0.1) is 12.5 Å². The molecule has 0 spiro atoms. The van der Waals surface area contributed by atoms with E-state index in [9.17, 15) is 4.79 Å². The van der Waals surface area contributed by atoms with Crippen LogP contribution in [-0.2, 0) is 9.53 Å². The Morgan fingerprint density at radius 3 is 2.65 bits per heavy atom. The lowest BCUT2D eigenvalue weighted by Gasteiger charge is -2.27. The normalized spacial score (nSPS) is 18.1. The van der Waals surface area contributed by atoms with Crippen molar-refractivity contribution in [1.29, 1.82) is 0 Å². The zero-order valence-electron chi connectivity index (χ0n) is 11.1. The standard InChI is InChI=1S/C12H24N2O2S/c1-12(2,11(15)16-3)10-13-4-5-14-6-8-17-9-7-14/h13H,4-10H2,1-3H3. The van der Waals surface area contributed by atoms with Gasteiger partial charge in [0.15, 0.2) is 0 Å². The molecule has 0 saturated carbocycles. The summed E-state index contributed by atoms with van der Waals surface area (Å²) >= 11 is 2.03. The third kappa shape index (κ3) is 5.27. The molecule has 1 fully saturated rings. The number of methoxy groups -OCH3 is 1. The molecule has 1 aliphatic rings. The fraction of sp³-hybridized carbons (Fsp3) is 0.917. The lowest BCUT2D eigenvalue weighted by molar-refractivity contribution is -0.150. The van der Waals surface area contributed by atoms with Crippen molar-refractivity contribution in [3.8, 4) is 0 Å². The van der Waals surface area contributed by atoms with Crippen LogP contribution in [0.5, 0.6) is 0 Å². The van der Waals surface area contributed by atoms with Gasteiger partial charge in [0.1, 0.15) is 0 Å². The summed E-state index contributed by atoms with van der Waals surface area (Å²) in [4.78, 5) is 13.9. The molecule has 0 unspecified atom stereocenters. The summed E-state index contributed by atoms with van der Waals surface area (Å²) in [5.74, 6) is 2.33. The van der Waals surface area contributed by atoms with Gasteiger partial charge in [-0.1, -0.05) is 0 Å². The predicted octanol–water partition coefficient (Wildman–Crippen LogP) is 0.824. The molecule has 0 radical (unpaired) electrons. The molecule has 4 nitrogen and oxygen atoms in total. The number of rotatable bonds is 6. The summed E-state index contributed by atoms with van der Waals surface area (Å²) in [5, 5.41) is 3.34. The average Bonchev–Trinajstić information content (AvgIpc) is 2.35. The number of nitrogens with zero attached hydrogens (tertiary/aromatic N) is 1. The molecule has 5 heteroatoms. The fourth-order valence-corrected chi connectivity index (χ4v) is 2.79. The molecule has 17 heavy (non-hydrogen) atoms. The molecule has 0 aromatic carbocycles. The van der Waals surface area contributed by atoms with E-state index in [0.29, 0.717) is 6.54 Å². The maximum Gasteiger partial charge on any atom is 0.312 e. The molecular weight excluding hydrogens is 236 g/mol. The first kappa shape index (κ1) is 14.8. The van der Waals surface area contributed by atoms with Gasteiger partial charge in [-0.15, -0.1) is 0 Å². The third-order valence-electron chi connectivity index (χ3n) is 3.01. The van der Waals surface area contributed by atoms with Crippen molar-refractivity contribution in [3.05, 3.63) is 0 Å². The van der Waals surface area contributed by atoms with Crippen molar-refractivity contribution in [1.82, 2.24) is 10.2 Å². The van der Waals surface area contributed by atoms with Crippen LogP contribution in [0.15, 0.2) is 0 Å². The number of ether oxygens (including phenoxy) is 1. The number of thioether (sulfide) groups is 1. The quantitative estimate of drug-likeness (QED) is 0.566. The van der Waals surface area contributed by atoms with Gasteiger partial charge in [0.25, 0.3) is 0 Å². The van der Waals surface area contributed by atoms with E-state index >= 15 is 0 Å². The van der Waals surface area contributed by atoms with Crippen molar-refractivity contribution in [2.45, 2.75) is 13.8 Å². The minimum Gasteiger partial charge on any atom is -0.469 e. The Labute approximate surface area is 108 Å². The molecule has 0 amide bonds. The van der Waals surface area contributed by atoms with Gasteiger partial charge >= 0.3 is 5.97 Å². The van der Waals surface area contributed by atoms with Crippen LogP contribution in [0.4, 0.5) is 0 Å². The number of nitrogens with one attached hydrogen (secondary N) is 1. The largest absolute Gasteiger partial charge is 0.469 e. The zero-order chi connectivity index (χ0) is 12.7. The topological polar surface area (TPSA) is 41.6 Å². The van der Waals surface area contributed by atoms with Gasteiger partial charge in [0.2, 0.25) is 0 Å². The van der Waals surface area contributed by atoms with Gasteiger partial charge in [-0.2, -0.15) is 11.8 Å². The highest BCUT2D eigenvalue weighted by Crippen LogP contribution is 2.15. The van der Waals surface area contributed by atoms with Gasteiger partial charge in [0, 0.05) is 44.2 Å². The first-order valence-electron chi connectivity index (χ1n) is 6.15. The third-order valence-corrected chi connectivity index (χ3v) is 3.96. The van der Waals surface area contributed by atoms with Crippen LogP contribution >= 0.6 is 11.8 Å². The van der Waals surface area contributed by atoms with Crippen molar-refractivity contribution in [2.24, 2.45) is 5.41 Å². The summed E-state index contributed by atoms with van der Waals surface area (Å²) in [6.45, 7) is 8.86. The van der Waals surface area contributed by atoms with E-state index in [1.54, 1.807) is 0 Å². The molecule has 1 heterocycles. The van der Waals surface area contributed by atoms with Crippen molar-refractivity contribution < 1.29 is 9.53 Å². The Hall–Kier alpha value is -0.260. The van der Waals surface area contributed by atoms with Gasteiger partial charge in [-0.05, 0) is 13.8 Å². The SMILES string of the molecule is COC(=O)C(C)(C)CNCCN1CCSCC1. The maximum absolute atomic E-state index is 11.5. The van der Waals surface area contributed by atoms with Crippen molar-refractivity contribution in [3.63, 3.8) is 0 Å². The molecule has 1 rings (SSSR count). The van der Waals surface area contributed by atoms with Crippen LogP contribution in [0.3, 0.4) is 0 Å². The molecule has 1 aliphatic heterocycles. The Morgan fingerprint density at radius 2 is 2.06 bits per heavy atom. The zero-order valence-corrected chi connectivity index (χ0v) is 11.9. The van der Waals surface area contributed by atoms with Crippen LogP contribution in [0.1, 0.15) is 13.8 Å². The van der Waals surface area contributed by atoms with Crippen molar-refractivity contribution in [2.75, 3.05) is 51.3 Å². The van der Waals surface area contributed by atoms with Crippen LogP contribution in [0.25, 0.3) is 0 Å². The fourth-order valence-electron chi connectivity index (χ4n) is 1.81. The minimum atomic E-state index is -0.438. The number of carbonyl (C=O) groups excluding carboxylic acids is 1. The summed E-state index contributed by atoms with van der Waals surface area (Å²) in [6.07, 6.45) is 0. The highest BCUT2D eigenvalue weighted by atomic mass is 32.2. The predicted molar refractivity (Wildman–Crippen MR) is 72.4 cm³/mol. The summed E-state index contributed by atoms with van der Waals surface area (Å²) in [5.41, 5.74) is -0.438. The van der Waals surface area contributed by atoms with Crippen LogP contribution < -0.4 is 5.32 Å². The lowest BCUT2D eigenvalue weighted by atomic mass is 9.94. The molecule has 0 aromatic heterocycles. The molecule has 1 N–H and O–H groups in total. The molecule has 0 atom stereocenters. The second-order valence-corrected chi connectivity index (χ2v) is 6.23. The van der Waals surface area contributed by atoms with E-state index in [1.165, 1.54) is 31.7 Å². The molecule has 100 valence electrons. The van der Waals surface area contributed by atoms with E-state index in [4.69, 9.17) is 4.74 Å². The summed E-state index contributed by atoms with van der Waals surface area (Å²) < 4.78 is 4.77. The van der Waals surface area contributed by atoms with Crippen LogP contribution in [-0.4, -0.2) is 62.2 Å². The smallest absolute Gasteiger partial charge is 0.312 e. The Bertz CT molecular complexity index is 241. The van der Waals surface area contributed by atoms with Gasteiger partial charge in [-0.25, -0.2) is 0 Å². The number of carbonyl (C=O) groups is 1. The van der Waals surface area contributed by atoms with E-state index in [-0.39, 0.29) is 5.97 Å². The first-order chi connectivity index (χ1) is 8.06. The highest BCUT2D eigenvalue weighted by molar-refractivity contribution is 7.99. The monoisotopic (exact) mass is 260 g/mol.